The van der Waals surface area contributed by atoms with Crippen LogP contribution in [0.1, 0.15) is 46.0 Å². The molecule has 2 fully saturated rings. The molecule has 2 rings (SSSR count). The highest BCUT2D eigenvalue weighted by Crippen LogP contribution is 2.24. The fourth-order valence-corrected chi connectivity index (χ4v) is 3.38. The number of nitrogens with one attached hydrogen (secondary N) is 1. The summed E-state index contributed by atoms with van der Waals surface area (Å²) in [5.41, 5.74) is 0. The summed E-state index contributed by atoms with van der Waals surface area (Å²) in [6, 6.07) is 0.0294. The first kappa shape index (κ1) is 14.8. The van der Waals surface area contributed by atoms with Crippen LogP contribution in [0.5, 0.6) is 0 Å². The van der Waals surface area contributed by atoms with Crippen molar-refractivity contribution in [3.63, 3.8) is 0 Å². The summed E-state index contributed by atoms with van der Waals surface area (Å²) >= 11 is 0. The average Bonchev–Trinajstić information content (AvgIpc) is 2.46. The van der Waals surface area contributed by atoms with Gasteiger partial charge in [-0.15, -0.1) is 0 Å². The van der Waals surface area contributed by atoms with Crippen molar-refractivity contribution >= 4 is 5.91 Å². The van der Waals surface area contributed by atoms with E-state index in [0.717, 1.165) is 38.9 Å². The molecule has 0 aliphatic carbocycles. The summed E-state index contributed by atoms with van der Waals surface area (Å²) in [7, 11) is 0. The Bertz CT molecular complexity index is 299. The molecule has 2 saturated heterocycles. The predicted molar refractivity (Wildman–Crippen MR) is 75.8 cm³/mol. The lowest BCUT2D eigenvalue weighted by Gasteiger charge is -2.37. The molecule has 0 radical (unpaired) electrons. The molecule has 4 heteroatoms. The highest BCUT2D eigenvalue weighted by atomic mass is 16.3. The van der Waals surface area contributed by atoms with Crippen LogP contribution in [0.4, 0.5) is 0 Å². The Kier molecular flexibility index (Phi) is 5.22. The van der Waals surface area contributed by atoms with Crippen LogP contribution in [-0.2, 0) is 4.79 Å². The Hall–Kier alpha value is -0.610. The van der Waals surface area contributed by atoms with Gasteiger partial charge >= 0.3 is 0 Å². The number of rotatable bonds is 3. The van der Waals surface area contributed by atoms with Crippen LogP contribution < -0.4 is 5.32 Å². The van der Waals surface area contributed by atoms with Gasteiger partial charge in [0.1, 0.15) is 0 Å². The molecule has 0 aromatic heterocycles. The first-order valence-corrected chi connectivity index (χ1v) is 7.82. The van der Waals surface area contributed by atoms with Gasteiger partial charge in [-0.1, -0.05) is 13.3 Å². The van der Waals surface area contributed by atoms with Crippen molar-refractivity contribution in [1.29, 1.82) is 0 Å². The topological polar surface area (TPSA) is 52.6 Å². The zero-order chi connectivity index (χ0) is 13.8. The second-order valence-corrected chi connectivity index (χ2v) is 6.21. The summed E-state index contributed by atoms with van der Waals surface area (Å²) in [6.07, 6.45) is 5.00. The molecule has 2 aliphatic heterocycles. The second kappa shape index (κ2) is 6.71. The molecule has 1 amide bonds. The molecule has 2 aliphatic rings. The van der Waals surface area contributed by atoms with E-state index >= 15 is 0 Å². The van der Waals surface area contributed by atoms with Crippen LogP contribution in [0.2, 0.25) is 0 Å². The van der Waals surface area contributed by atoms with E-state index in [0.29, 0.717) is 11.8 Å². The van der Waals surface area contributed by atoms with E-state index in [9.17, 15) is 9.90 Å². The molecule has 3 unspecified atom stereocenters. The molecule has 0 bridgehead atoms. The van der Waals surface area contributed by atoms with E-state index in [4.69, 9.17) is 0 Å². The SMILES string of the molecule is CCC1CCNC(C(=O)N2CCC(C(C)O)CC2)C1. The number of carbonyl (C=O) groups is 1. The van der Waals surface area contributed by atoms with Crippen molar-refractivity contribution in [3.8, 4) is 0 Å². The summed E-state index contributed by atoms with van der Waals surface area (Å²) in [5.74, 6) is 1.35. The molecule has 4 nitrogen and oxygen atoms in total. The molecule has 19 heavy (non-hydrogen) atoms. The van der Waals surface area contributed by atoms with Gasteiger partial charge in [0.05, 0.1) is 12.1 Å². The number of hydrogen-bond donors (Lipinski definition) is 2. The Balaban J connectivity index is 1.83. The molecule has 0 aromatic rings. The molecule has 2 N–H and O–H groups in total. The second-order valence-electron chi connectivity index (χ2n) is 6.21. The van der Waals surface area contributed by atoms with Gasteiger partial charge in [0.2, 0.25) is 5.91 Å². The molecule has 0 aromatic carbocycles. The molecule has 110 valence electrons. The van der Waals surface area contributed by atoms with E-state index in [1.165, 1.54) is 12.8 Å². The normalized spacial score (nSPS) is 31.2. The summed E-state index contributed by atoms with van der Waals surface area (Å²) in [4.78, 5) is 14.5. The highest BCUT2D eigenvalue weighted by molar-refractivity contribution is 5.82. The lowest BCUT2D eigenvalue weighted by molar-refractivity contribution is -0.136. The Morgan fingerprint density at radius 1 is 1.37 bits per heavy atom. The zero-order valence-electron chi connectivity index (χ0n) is 12.3. The minimum Gasteiger partial charge on any atom is -0.393 e. The predicted octanol–water partition coefficient (Wildman–Crippen LogP) is 1.38. The Morgan fingerprint density at radius 3 is 2.63 bits per heavy atom. The van der Waals surface area contributed by atoms with Crippen LogP contribution in [0, 0.1) is 11.8 Å². The number of nitrogens with zero attached hydrogens (tertiary/aromatic N) is 1. The minimum atomic E-state index is -0.241. The molecular formula is C15H28N2O2. The van der Waals surface area contributed by atoms with Gasteiger partial charge in [-0.2, -0.15) is 0 Å². The van der Waals surface area contributed by atoms with Gasteiger partial charge in [-0.25, -0.2) is 0 Å². The highest BCUT2D eigenvalue weighted by Gasteiger charge is 2.32. The van der Waals surface area contributed by atoms with E-state index in [1.54, 1.807) is 0 Å². The lowest BCUT2D eigenvalue weighted by Crippen LogP contribution is -2.52. The van der Waals surface area contributed by atoms with Crippen LogP contribution >= 0.6 is 0 Å². The molecule has 2 heterocycles. The molecular weight excluding hydrogens is 240 g/mol. The van der Waals surface area contributed by atoms with E-state index in [-0.39, 0.29) is 18.1 Å². The van der Waals surface area contributed by atoms with Crippen LogP contribution in [-0.4, -0.2) is 47.7 Å². The van der Waals surface area contributed by atoms with Crippen LogP contribution in [0.25, 0.3) is 0 Å². The first-order valence-electron chi connectivity index (χ1n) is 7.82. The molecule has 0 spiro atoms. The van der Waals surface area contributed by atoms with Gasteiger partial charge in [0.15, 0.2) is 0 Å². The molecule has 3 atom stereocenters. The van der Waals surface area contributed by atoms with Crippen molar-refractivity contribution in [2.75, 3.05) is 19.6 Å². The van der Waals surface area contributed by atoms with Gasteiger partial charge in [-0.3, -0.25) is 4.79 Å². The summed E-state index contributed by atoms with van der Waals surface area (Å²) in [6.45, 7) is 6.66. The standard InChI is InChI=1S/C15H28N2O2/c1-3-12-4-7-16-14(10-12)15(19)17-8-5-13(6-9-17)11(2)18/h11-14,16,18H,3-10H2,1-2H3. The zero-order valence-corrected chi connectivity index (χ0v) is 12.3. The Morgan fingerprint density at radius 2 is 2.05 bits per heavy atom. The van der Waals surface area contributed by atoms with Crippen molar-refractivity contribution in [2.45, 2.75) is 58.1 Å². The van der Waals surface area contributed by atoms with Crippen molar-refractivity contribution in [3.05, 3.63) is 0 Å². The van der Waals surface area contributed by atoms with Crippen molar-refractivity contribution in [1.82, 2.24) is 10.2 Å². The minimum absolute atomic E-state index is 0.0294. The van der Waals surface area contributed by atoms with E-state index in [2.05, 4.69) is 12.2 Å². The van der Waals surface area contributed by atoms with Gasteiger partial charge in [0.25, 0.3) is 0 Å². The smallest absolute Gasteiger partial charge is 0.239 e. The fourth-order valence-electron chi connectivity index (χ4n) is 3.38. The monoisotopic (exact) mass is 268 g/mol. The number of aliphatic hydroxyl groups is 1. The number of piperidine rings is 2. The number of amides is 1. The van der Waals surface area contributed by atoms with Crippen LogP contribution in [0.15, 0.2) is 0 Å². The maximum absolute atomic E-state index is 12.5. The third-order valence-corrected chi connectivity index (χ3v) is 4.92. The van der Waals surface area contributed by atoms with Gasteiger partial charge < -0.3 is 15.3 Å². The van der Waals surface area contributed by atoms with Crippen LogP contribution in [0.3, 0.4) is 0 Å². The third kappa shape index (κ3) is 3.69. The van der Waals surface area contributed by atoms with Crippen molar-refractivity contribution < 1.29 is 9.90 Å². The van der Waals surface area contributed by atoms with Gasteiger partial charge in [0, 0.05) is 13.1 Å². The summed E-state index contributed by atoms with van der Waals surface area (Å²) < 4.78 is 0. The number of likely N-dealkylation sites (tertiary alicyclic amines) is 1. The maximum Gasteiger partial charge on any atom is 0.239 e. The molecule has 0 saturated carbocycles. The Labute approximate surface area is 116 Å². The van der Waals surface area contributed by atoms with Gasteiger partial charge in [-0.05, 0) is 51.0 Å². The number of carbonyl (C=O) groups excluding carboxylic acids is 1. The lowest BCUT2D eigenvalue weighted by atomic mass is 9.88. The van der Waals surface area contributed by atoms with Crippen molar-refractivity contribution in [2.24, 2.45) is 11.8 Å². The summed E-state index contributed by atoms with van der Waals surface area (Å²) in [5, 5.41) is 13.0. The van der Waals surface area contributed by atoms with E-state index < -0.39 is 0 Å². The first-order chi connectivity index (χ1) is 9.11. The third-order valence-electron chi connectivity index (χ3n) is 4.92. The largest absolute Gasteiger partial charge is 0.393 e. The maximum atomic E-state index is 12.5. The average molecular weight is 268 g/mol. The fraction of sp³-hybridized carbons (Fsp3) is 0.933. The van der Waals surface area contributed by atoms with E-state index in [1.807, 2.05) is 11.8 Å². The quantitative estimate of drug-likeness (QED) is 0.813. The number of hydrogen-bond acceptors (Lipinski definition) is 3. The number of aliphatic hydroxyl groups excluding tert-OH is 1.